The normalized spacial score (nSPS) is 11.8. The average molecular weight is 391 g/mol. The number of benzene rings is 1. The van der Waals surface area contributed by atoms with Gasteiger partial charge in [0.15, 0.2) is 0 Å². The molecule has 0 saturated heterocycles. The van der Waals surface area contributed by atoms with Crippen LogP contribution in [0.2, 0.25) is 0 Å². The molecular weight excluding hydrogens is 376 g/mol. The maximum Gasteiger partial charge on any atom is 0.349 e. The second-order valence-electron chi connectivity index (χ2n) is 4.39. The highest BCUT2D eigenvalue weighted by Crippen LogP contribution is 2.27. The highest BCUT2D eigenvalue weighted by molar-refractivity contribution is 7.39. The minimum atomic E-state index is -2.72. The van der Waals surface area contributed by atoms with Gasteiger partial charge in [0.25, 0.3) is 0 Å². The van der Waals surface area contributed by atoms with E-state index in [1.165, 1.54) is 24.3 Å². The van der Waals surface area contributed by atoms with Gasteiger partial charge in [0.2, 0.25) is 0 Å². The summed E-state index contributed by atoms with van der Waals surface area (Å²) >= 11 is 0. The van der Waals surface area contributed by atoms with E-state index in [-0.39, 0.29) is 5.75 Å². The van der Waals surface area contributed by atoms with E-state index in [4.69, 9.17) is 29.6 Å². The first kappa shape index (κ1) is 21.4. The first-order chi connectivity index (χ1) is 11.8. The third-order valence-corrected chi connectivity index (χ3v) is 3.31. The topological polar surface area (TPSA) is 170 Å². The molecule has 25 heavy (non-hydrogen) atoms. The molecule has 0 aliphatic carbocycles. The molecule has 0 aliphatic rings. The van der Waals surface area contributed by atoms with Crippen LogP contribution < -0.4 is 0 Å². The molecule has 1 rings (SSSR count). The van der Waals surface area contributed by atoms with Crippen LogP contribution in [-0.4, -0.2) is 50.0 Å². The molecule has 136 valence electrons. The Morgan fingerprint density at radius 1 is 1.20 bits per heavy atom. The number of hydrogen-bond donors (Lipinski definition) is 5. The summed E-state index contributed by atoms with van der Waals surface area (Å²) < 4.78 is 14.0. The lowest BCUT2D eigenvalue weighted by Crippen LogP contribution is -2.28. The highest BCUT2D eigenvalue weighted by Gasteiger charge is 2.21. The van der Waals surface area contributed by atoms with Gasteiger partial charge in [-0.3, -0.25) is 0 Å². The van der Waals surface area contributed by atoms with Gasteiger partial charge >= 0.3 is 23.2 Å². The van der Waals surface area contributed by atoms with Gasteiger partial charge in [0, 0.05) is 0 Å². The Hall–Kier alpha value is -1.66. The van der Waals surface area contributed by atoms with Crippen molar-refractivity contribution in [2.24, 2.45) is 0 Å². The molecule has 0 aliphatic heterocycles. The van der Waals surface area contributed by atoms with E-state index in [1.54, 1.807) is 12.1 Å². The van der Waals surface area contributed by atoms with E-state index in [1.807, 2.05) is 0 Å². The van der Waals surface area contributed by atoms with Crippen LogP contribution in [0.4, 0.5) is 0 Å². The Morgan fingerprint density at radius 3 is 2.28 bits per heavy atom. The molecular formula is C13H15NO9P2. The van der Waals surface area contributed by atoms with Gasteiger partial charge in [0.1, 0.15) is 23.5 Å². The van der Waals surface area contributed by atoms with E-state index in [9.17, 15) is 9.90 Å². The quantitative estimate of drug-likeness (QED) is 0.174. The Bertz CT molecular complexity index is 633. The van der Waals surface area contributed by atoms with E-state index in [0.29, 0.717) is 5.56 Å². The summed E-state index contributed by atoms with van der Waals surface area (Å²) in [6, 6.07) is 7.44. The molecule has 0 fully saturated rings. The van der Waals surface area contributed by atoms with Crippen LogP contribution in [0.5, 0.6) is 5.75 Å². The number of nitrogens with zero attached hydrogens (tertiary/aromatic N) is 1. The smallest absolute Gasteiger partial charge is 0.349 e. The molecule has 0 amide bonds. The van der Waals surface area contributed by atoms with Crippen molar-refractivity contribution in [3.8, 4) is 11.8 Å². The Kier molecular flexibility index (Phi) is 9.45. The number of esters is 1. The zero-order valence-corrected chi connectivity index (χ0v) is 14.4. The van der Waals surface area contributed by atoms with E-state index >= 15 is 0 Å². The number of carbonyl (C=O) groups is 1. The summed E-state index contributed by atoms with van der Waals surface area (Å²) in [6.07, 6.45) is -0.0430. The fourth-order valence-electron chi connectivity index (χ4n) is 1.55. The van der Waals surface area contributed by atoms with Crippen LogP contribution in [0.1, 0.15) is 5.56 Å². The highest BCUT2D eigenvalue weighted by atomic mass is 31.2. The number of hydrogen-bond acceptors (Lipinski definition) is 10. The summed E-state index contributed by atoms with van der Waals surface area (Å²) in [4.78, 5) is 46.9. The summed E-state index contributed by atoms with van der Waals surface area (Å²) in [6.45, 7) is -1.00. The van der Waals surface area contributed by atoms with Gasteiger partial charge in [-0.2, -0.15) is 5.26 Å². The third kappa shape index (κ3) is 8.84. The first-order valence-electron chi connectivity index (χ1n) is 6.55. The molecule has 5 N–H and O–H groups in total. The lowest BCUT2D eigenvalue weighted by molar-refractivity contribution is -0.147. The number of phenols is 1. The van der Waals surface area contributed by atoms with Crippen LogP contribution in [0.3, 0.4) is 0 Å². The largest absolute Gasteiger partial charge is 0.508 e. The standard InChI is InChI=1S/C13H15NO9P2/c14-6-10(4-9-2-1-3-11(15)5-9)13(16)23-12(7-21-24(17)18)8-22-25(19)20/h1-5,12,15,17-20H,7-8H2/b10-4+. The van der Waals surface area contributed by atoms with Crippen molar-refractivity contribution in [1.82, 2.24) is 0 Å². The van der Waals surface area contributed by atoms with Crippen molar-refractivity contribution in [3.05, 3.63) is 35.4 Å². The van der Waals surface area contributed by atoms with Crippen LogP contribution in [0.15, 0.2) is 29.8 Å². The molecule has 0 heterocycles. The molecule has 10 nitrogen and oxygen atoms in total. The lowest BCUT2D eigenvalue weighted by Gasteiger charge is -2.18. The van der Waals surface area contributed by atoms with Crippen molar-refractivity contribution < 1.29 is 43.3 Å². The molecule has 0 bridgehead atoms. The number of aromatic hydroxyl groups is 1. The van der Waals surface area contributed by atoms with Crippen LogP contribution >= 0.6 is 17.2 Å². The maximum atomic E-state index is 12.0. The molecule has 0 atom stereocenters. The Morgan fingerprint density at radius 2 is 1.80 bits per heavy atom. The van der Waals surface area contributed by atoms with Crippen molar-refractivity contribution in [2.45, 2.75) is 6.10 Å². The van der Waals surface area contributed by atoms with Gasteiger partial charge in [-0.25, -0.2) is 4.79 Å². The second kappa shape index (κ2) is 11.1. The minimum absolute atomic E-state index is 0.0578. The van der Waals surface area contributed by atoms with Crippen molar-refractivity contribution in [1.29, 1.82) is 5.26 Å². The zero-order chi connectivity index (χ0) is 18.8. The third-order valence-electron chi connectivity index (χ3n) is 2.55. The number of carbonyl (C=O) groups excluding carboxylic acids is 1. The maximum absolute atomic E-state index is 12.0. The SMILES string of the molecule is N#C/C(=C\c1cccc(O)c1)C(=O)OC(COP(O)O)COP(O)O. The van der Waals surface area contributed by atoms with Gasteiger partial charge in [-0.15, -0.1) is 0 Å². The number of rotatable bonds is 9. The average Bonchev–Trinajstić information content (AvgIpc) is 2.54. The monoisotopic (exact) mass is 391 g/mol. The predicted octanol–water partition coefficient (Wildman–Crippen LogP) is 0.667. The zero-order valence-electron chi connectivity index (χ0n) is 12.6. The van der Waals surface area contributed by atoms with E-state index in [0.717, 1.165) is 0 Å². The van der Waals surface area contributed by atoms with Gasteiger partial charge in [0.05, 0.1) is 13.2 Å². The van der Waals surface area contributed by atoms with Crippen LogP contribution in [-0.2, 0) is 18.6 Å². The molecule has 0 saturated carbocycles. The van der Waals surface area contributed by atoms with E-state index in [2.05, 4.69) is 9.05 Å². The minimum Gasteiger partial charge on any atom is -0.508 e. The second-order valence-corrected chi connectivity index (χ2v) is 5.92. The Labute approximate surface area is 145 Å². The summed E-state index contributed by atoms with van der Waals surface area (Å²) in [5.74, 6) is -1.12. The van der Waals surface area contributed by atoms with Crippen molar-refractivity contribution >= 4 is 29.3 Å². The number of ether oxygens (including phenoxy) is 1. The summed E-state index contributed by atoms with van der Waals surface area (Å²) in [5, 5.41) is 18.5. The van der Waals surface area contributed by atoms with Gasteiger partial charge in [-0.05, 0) is 23.8 Å². The molecule has 0 radical (unpaired) electrons. The predicted molar refractivity (Wildman–Crippen MR) is 86.2 cm³/mol. The molecule has 0 unspecified atom stereocenters. The lowest BCUT2D eigenvalue weighted by atomic mass is 10.1. The fraction of sp³-hybridized carbons (Fsp3) is 0.231. The Balaban J connectivity index is 2.82. The summed E-state index contributed by atoms with van der Waals surface area (Å²) in [7, 11) is -5.44. The molecule has 0 aromatic heterocycles. The van der Waals surface area contributed by atoms with Crippen molar-refractivity contribution in [2.75, 3.05) is 13.2 Å². The number of phenolic OH excluding ortho intramolecular Hbond substituents is 1. The molecule has 1 aromatic rings. The molecule has 1 aromatic carbocycles. The summed E-state index contributed by atoms with van der Waals surface area (Å²) in [5.41, 5.74) is -0.0258. The van der Waals surface area contributed by atoms with Crippen LogP contribution in [0.25, 0.3) is 6.08 Å². The van der Waals surface area contributed by atoms with E-state index < -0.39 is 48.1 Å². The van der Waals surface area contributed by atoms with Crippen molar-refractivity contribution in [3.63, 3.8) is 0 Å². The van der Waals surface area contributed by atoms with Crippen LogP contribution in [0, 0.1) is 11.3 Å². The van der Waals surface area contributed by atoms with Gasteiger partial charge < -0.3 is 38.5 Å². The van der Waals surface area contributed by atoms with Gasteiger partial charge in [-0.1, -0.05) is 12.1 Å². The molecule has 0 spiro atoms. The number of nitriles is 1. The first-order valence-corrected chi connectivity index (χ1v) is 8.88. The fourth-order valence-corrected chi connectivity index (χ4v) is 2.15. The molecule has 12 heteroatoms.